The van der Waals surface area contributed by atoms with E-state index in [1.165, 1.54) is 0 Å². The highest BCUT2D eigenvalue weighted by Gasteiger charge is 2.19. The largest absolute Gasteiger partial charge is 0.479 e. The van der Waals surface area contributed by atoms with Crippen LogP contribution in [0.2, 0.25) is 0 Å². The van der Waals surface area contributed by atoms with Gasteiger partial charge in [0.2, 0.25) is 0 Å². The number of aliphatic carboxylic acids is 1. The van der Waals surface area contributed by atoms with Crippen molar-refractivity contribution in [3.63, 3.8) is 0 Å². The summed E-state index contributed by atoms with van der Waals surface area (Å²) in [6.45, 7) is -0.737. The topological polar surface area (TPSA) is 89.7 Å². The number of hydrogen-bond acceptors (Lipinski definition) is 4. The number of carbonyl (C=O) groups is 1. The molecule has 0 aromatic heterocycles. The zero-order chi connectivity index (χ0) is 12.3. The van der Waals surface area contributed by atoms with Gasteiger partial charge in [0.25, 0.3) is 0 Å². The Labute approximate surface area is 96.9 Å². The third-order valence-corrected chi connectivity index (χ3v) is 2.16. The minimum Gasteiger partial charge on any atom is -0.479 e. The lowest BCUT2D eigenvalue weighted by Crippen LogP contribution is -2.10. The molecule has 0 fully saturated rings. The van der Waals surface area contributed by atoms with E-state index in [0.29, 0.717) is 6.07 Å². The van der Waals surface area contributed by atoms with Gasteiger partial charge in [0.1, 0.15) is 5.82 Å². The Kier molecular flexibility index (Phi) is 3.78. The summed E-state index contributed by atoms with van der Waals surface area (Å²) in [5.74, 6) is -2.41. The first kappa shape index (κ1) is 12.4. The molecule has 0 aliphatic rings. The number of nitro benzene ring substituents is 1. The molecule has 6 nitrogen and oxygen atoms in total. The van der Waals surface area contributed by atoms with Crippen LogP contribution in [-0.4, -0.2) is 22.6 Å². The summed E-state index contributed by atoms with van der Waals surface area (Å²) in [5.41, 5.74) is -0.623. The number of halogens is 2. The highest BCUT2D eigenvalue weighted by Crippen LogP contribution is 2.32. The summed E-state index contributed by atoms with van der Waals surface area (Å²) < 4.78 is 17.6. The van der Waals surface area contributed by atoms with Crippen LogP contribution in [0.15, 0.2) is 16.6 Å². The second-order valence-corrected chi connectivity index (χ2v) is 3.53. The molecule has 0 amide bonds. The van der Waals surface area contributed by atoms with E-state index in [4.69, 9.17) is 5.11 Å². The van der Waals surface area contributed by atoms with Crippen LogP contribution in [0.5, 0.6) is 5.75 Å². The number of benzene rings is 1. The fourth-order valence-electron chi connectivity index (χ4n) is 0.916. The maximum atomic E-state index is 13.0. The zero-order valence-corrected chi connectivity index (χ0v) is 9.23. The van der Waals surface area contributed by atoms with Crippen LogP contribution in [0.4, 0.5) is 10.1 Å². The molecule has 0 atom stereocenters. The van der Waals surface area contributed by atoms with Crippen LogP contribution in [-0.2, 0) is 4.79 Å². The van der Waals surface area contributed by atoms with Crippen molar-refractivity contribution in [1.29, 1.82) is 0 Å². The Bertz CT molecular complexity index is 450. The first-order chi connectivity index (χ1) is 7.41. The molecule has 0 unspecified atom stereocenters. The molecule has 86 valence electrons. The van der Waals surface area contributed by atoms with Crippen LogP contribution < -0.4 is 4.74 Å². The lowest BCUT2D eigenvalue weighted by Gasteiger charge is -2.05. The molecular formula is C8H5BrFNO5. The van der Waals surface area contributed by atoms with Gasteiger partial charge in [-0.3, -0.25) is 10.1 Å². The zero-order valence-electron chi connectivity index (χ0n) is 7.65. The number of carboxylic acid groups (broad SMARTS) is 1. The van der Waals surface area contributed by atoms with Crippen molar-refractivity contribution in [3.8, 4) is 5.75 Å². The molecule has 0 aliphatic heterocycles. The molecular weight excluding hydrogens is 289 g/mol. The molecule has 0 saturated heterocycles. The van der Waals surface area contributed by atoms with E-state index in [-0.39, 0.29) is 10.2 Å². The van der Waals surface area contributed by atoms with Gasteiger partial charge >= 0.3 is 11.7 Å². The first-order valence-electron chi connectivity index (χ1n) is 3.90. The van der Waals surface area contributed by atoms with E-state index in [9.17, 15) is 19.3 Å². The van der Waals surface area contributed by atoms with Crippen LogP contribution in [0, 0.1) is 15.9 Å². The highest BCUT2D eigenvalue weighted by molar-refractivity contribution is 9.10. The van der Waals surface area contributed by atoms with Gasteiger partial charge in [0.15, 0.2) is 12.4 Å². The summed E-state index contributed by atoms with van der Waals surface area (Å²) in [5, 5.41) is 18.9. The average Bonchev–Trinajstić information content (AvgIpc) is 2.18. The Morgan fingerprint density at radius 2 is 2.25 bits per heavy atom. The number of nitro groups is 1. The third kappa shape index (κ3) is 2.89. The molecule has 1 rings (SSSR count). The molecule has 16 heavy (non-hydrogen) atoms. The fourth-order valence-corrected chi connectivity index (χ4v) is 1.24. The van der Waals surface area contributed by atoms with Crippen LogP contribution in [0.3, 0.4) is 0 Å². The van der Waals surface area contributed by atoms with Crippen molar-refractivity contribution in [2.24, 2.45) is 0 Å². The van der Waals surface area contributed by atoms with Gasteiger partial charge in [-0.1, -0.05) is 0 Å². The van der Waals surface area contributed by atoms with E-state index in [0.717, 1.165) is 6.07 Å². The SMILES string of the molecule is O=C(O)COc1cc(Br)c(F)cc1[N+](=O)[O-]. The lowest BCUT2D eigenvalue weighted by atomic mass is 10.3. The smallest absolute Gasteiger partial charge is 0.341 e. The Morgan fingerprint density at radius 1 is 1.62 bits per heavy atom. The molecule has 0 spiro atoms. The Hall–Kier alpha value is -1.70. The molecule has 8 heteroatoms. The van der Waals surface area contributed by atoms with E-state index in [1.807, 2.05) is 0 Å². The molecule has 0 bridgehead atoms. The van der Waals surface area contributed by atoms with Gasteiger partial charge in [0.05, 0.1) is 15.5 Å². The maximum Gasteiger partial charge on any atom is 0.341 e. The highest BCUT2D eigenvalue weighted by atomic mass is 79.9. The molecule has 1 aromatic rings. The van der Waals surface area contributed by atoms with Crippen molar-refractivity contribution in [3.05, 3.63) is 32.5 Å². The van der Waals surface area contributed by atoms with Crippen molar-refractivity contribution >= 4 is 27.6 Å². The van der Waals surface area contributed by atoms with E-state index in [2.05, 4.69) is 20.7 Å². The first-order valence-corrected chi connectivity index (χ1v) is 4.69. The Balaban J connectivity index is 3.09. The van der Waals surface area contributed by atoms with Gasteiger partial charge in [0, 0.05) is 6.07 Å². The lowest BCUT2D eigenvalue weighted by molar-refractivity contribution is -0.386. The molecule has 0 radical (unpaired) electrons. The van der Waals surface area contributed by atoms with Crippen molar-refractivity contribution < 1.29 is 24.0 Å². The molecule has 1 N–H and O–H groups in total. The number of nitrogens with zero attached hydrogens (tertiary/aromatic N) is 1. The number of rotatable bonds is 4. The van der Waals surface area contributed by atoms with Crippen LogP contribution in [0.1, 0.15) is 0 Å². The van der Waals surface area contributed by atoms with Gasteiger partial charge in [-0.2, -0.15) is 0 Å². The predicted molar refractivity (Wildman–Crippen MR) is 53.9 cm³/mol. The minimum absolute atomic E-state index is 0.0431. The summed E-state index contributed by atoms with van der Waals surface area (Å²) in [7, 11) is 0. The summed E-state index contributed by atoms with van der Waals surface area (Å²) in [6.07, 6.45) is 0. The van der Waals surface area contributed by atoms with Crippen LogP contribution in [0.25, 0.3) is 0 Å². The van der Waals surface area contributed by atoms with Gasteiger partial charge in [-0.05, 0) is 15.9 Å². The summed E-state index contributed by atoms with van der Waals surface area (Å²) in [6, 6.07) is 1.66. The molecule has 0 heterocycles. The summed E-state index contributed by atoms with van der Waals surface area (Å²) >= 11 is 2.81. The number of hydrogen-bond donors (Lipinski definition) is 1. The maximum absolute atomic E-state index is 13.0. The van der Waals surface area contributed by atoms with Gasteiger partial charge < -0.3 is 9.84 Å². The molecule has 0 saturated carbocycles. The standard InChI is InChI=1S/C8H5BrFNO5/c9-4-1-7(16-3-8(12)13)6(11(14)15)2-5(4)10/h1-2H,3H2,(H,12,13). The van der Waals surface area contributed by atoms with Gasteiger partial charge in [-0.25, -0.2) is 9.18 Å². The predicted octanol–water partition coefficient (Wildman–Crippen LogP) is 1.96. The minimum atomic E-state index is -1.28. The van der Waals surface area contributed by atoms with Crippen molar-refractivity contribution in [1.82, 2.24) is 0 Å². The fraction of sp³-hybridized carbons (Fsp3) is 0.125. The van der Waals surface area contributed by atoms with E-state index >= 15 is 0 Å². The number of carboxylic acids is 1. The van der Waals surface area contributed by atoms with Gasteiger partial charge in [-0.15, -0.1) is 0 Å². The average molecular weight is 294 g/mol. The molecule has 1 aromatic carbocycles. The van der Waals surface area contributed by atoms with Crippen molar-refractivity contribution in [2.75, 3.05) is 6.61 Å². The normalized spacial score (nSPS) is 9.88. The Morgan fingerprint density at radius 3 is 2.75 bits per heavy atom. The van der Waals surface area contributed by atoms with Crippen molar-refractivity contribution in [2.45, 2.75) is 0 Å². The van der Waals surface area contributed by atoms with Crippen LogP contribution >= 0.6 is 15.9 Å². The number of ether oxygens (including phenoxy) is 1. The molecule has 0 aliphatic carbocycles. The second-order valence-electron chi connectivity index (χ2n) is 2.67. The quantitative estimate of drug-likeness (QED) is 0.677. The third-order valence-electron chi connectivity index (χ3n) is 1.55. The summed E-state index contributed by atoms with van der Waals surface area (Å²) in [4.78, 5) is 19.9. The van der Waals surface area contributed by atoms with E-state index < -0.39 is 29.0 Å². The van der Waals surface area contributed by atoms with E-state index in [1.54, 1.807) is 0 Å². The second kappa shape index (κ2) is 4.88. The monoisotopic (exact) mass is 293 g/mol.